The molecule has 0 saturated heterocycles. The lowest BCUT2D eigenvalue weighted by molar-refractivity contribution is 0.322. The van der Waals surface area contributed by atoms with Crippen LogP contribution in [0.15, 0.2) is 41.6 Å². The van der Waals surface area contributed by atoms with Crippen molar-refractivity contribution in [3.05, 3.63) is 64.6 Å². The Morgan fingerprint density at radius 2 is 1.80 bits per heavy atom. The quantitative estimate of drug-likeness (QED) is 0.428. The fraction of sp³-hybridized carbons (Fsp3) is 0.158. The Bertz CT molecular complexity index is 957. The summed E-state index contributed by atoms with van der Waals surface area (Å²) in [5.41, 5.74) is 4.92. The molecule has 25 heavy (non-hydrogen) atoms. The second-order valence-electron chi connectivity index (χ2n) is 5.91. The Kier molecular flexibility index (Phi) is 4.27. The van der Waals surface area contributed by atoms with Crippen molar-refractivity contribution in [2.24, 2.45) is 5.16 Å². The van der Waals surface area contributed by atoms with E-state index in [9.17, 15) is 9.50 Å². The number of hydrogen-bond acceptors (Lipinski definition) is 4. The molecule has 0 radical (unpaired) electrons. The number of benzene rings is 2. The predicted molar refractivity (Wildman–Crippen MR) is 94.2 cm³/mol. The zero-order valence-electron chi connectivity index (χ0n) is 14.2. The molecule has 6 heteroatoms. The Hall–Kier alpha value is -3.15. The minimum atomic E-state index is -0.595. The van der Waals surface area contributed by atoms with Crippen LogP contribution in [0.2, 0.25) is 0 Å². The molecule has 0 aliphatic rings. The molecule has 3 rings (SSSR count). The monoisotopic (exact) mass is 339 g/mol. The van der Waals surface area contributed by atoms with Crippen molar-refractivity contribution >= 4 is 6.21 Å². The van der Waals surface area contributed by atoms with Gasteiger partial charge in [0.2, 0.25) is 0 Å². The molecule has 2 N–H and O–H groups in total. The number of rotatable bonds is 3. The molecular weight excluding hydrogens is 321 g/mol. The number of oxime groups is 1. The van der Waals surface area contributed by atoms with Gasteiger partial charge in [0.05, 0.1) is 17.6 Å². The van der Waals surface area contributed by atoms with Crippen molar-refractivity contribution in [2.75, 3.05) is 0 Å². The lowest BCUT2D eigenvalue weighted by Crippen LogP contribution is -2.04. The first kappa shape index (κ1) is 16.7. The van der Waals surface area contributed by atoms with Crippen LogP contribution < -0.4 is 0 Å². The second-order valence-corrected chi connectivity index (χ2v) is 5.91. The zero-order valence-corrected chi connectivity index (χ0v) is 14.2. The molecule has 3 aromatic rings. The van der Waals surface area contributed by atoms with Crippen LogP contribution in [0.3, 0.4) is 0 Å². The largest absolute Gasteiger partial charge is 0.508 e. The molecule has 0 spiro atoms. The standard InChI is InChI=1S/C19H18FN3O2/c1-11-5-4-6-12(2)18(11)19-15(10-21-25)13(3)22-23(19)17-8-7-14(24)9-16(17)20/h4-10,24-25H,1-3H3. The third kappa shape index (κ3) is 2.87. The Morgan fingerprint density at radius 1 is 1.12 bits per heavy atom. The lowest BCUT2D eigenvalue weighted by atomic mass is 9.96. The fourth-order valence-corrected chi connectivity index (χ4v) is 3.02. The molecular formula is C19H18FN3O2. The van der Waals surface area contributed by atoms with Gasteiger partial charge >= 0.3 is 0 Å². The molecule has 5 nitrogen and oxygen atoms in total. The highest BCUT2D eigenvalue weighted by Gasteiger charge is 2.22. The van der Waals surface area contributed by atoms with Gasteiger partial charge in [-0.15, -0.1) is 0 Å². The van der Waals surface area contributed by atoms with Crippen LogP contribution >= 0.6 is 0 Å². The van der Waals surface area contributed by atoms with Crippen LogP contribution in [-0.2, 0) is 0 Å². The average Bonchev–Trinajstić information content (AvgIpc) is 2.85. The van der Waals surface area contributed by atoms with E-state index in [1.807, 2.05) is 32.0 Å². The molecule has 0 amide bonds. The van der Waals surface area contributed by atoms with E-state index in [4.69, 9.17) is 5.21 Å². The number of phenolic OH excluding ortho intramolecular Hbond substituents is 1. The highest BCUT2D eigenvalue weighted by Crippen LogP contribution is 2.34. The third-order valence-corrected chi connectivity index (χ3v) is 4.17. The summed E-state index contributed by atoms with van der Waals surface area (Å²) in [7, 11) is 0. The van der Waals surface area contributed by atoms with Gasteiger partial charge < -0.3 is 10.3 Å². The lowest BCUT2D eigenvalue weighted by Gasteiger charge is -2.14. The minimum Gasteiger partial charge on any atom is -0.508 e. The molecule has 0 aliphatic carbocycles. The molecule has 128 valence electrons. The Morgan fingerprint density at radius 3 is 2.40 bits per heavy atom. The second kappa shape index (κ2) is 6.39. The van der Waals surface area contributed by atoms with Crippen LogP contribution in [0.25, 0.3) is 16.9 Å². The maximum Gasteiger partial charge on any atom is 0.152 e. The van der Waals surface area contributed by atoms with Gasteiger partial charge in [0.25, 0.3) is 0 Å². The topological polar surface area (TPSA) is 70.6 Å². The fourth-order valence-electron chi connectivity index (χ4n) is 3.02. The van der Waals surface area contributed by atoms with E-state index < -0.39 is 5.82 Å². The number of aryl methyl sites for hydroxylation is 3. The van der Waals surface area contributed by atoms with Gasteiger partial charge in [-0.05, 0) is 44.0 Å². The summed E-state index contributed by atoms with van der Waals surface area (Å²) < 4.78 is 15.9. The number of halogens is 1. The van der Waals surface area contributed by atoms with Gasteiger partial charge in [-0.25, -0.2) is 9.07 Å². The molecule has 1 aromatic heterocycles. The van der Waals surface area contributed by atoms with Gasteiger partial charge in [-0.1, -0.05) is 23.4 Å². The summed E-state index contributed by atoms with van der Waals surface area (Å²) >= 11 is 0. The SMILES string of the molecule is Cc1cccc(C)c1-c1c(C=NO)c(C)nn1-c1ccc(O)cc1F. The van der Waals surface area contributed by atoms with Crippen LogP contribution in [0.1, 0.15) is 22.4 Å². The first-order chi connectivity index (χ1) is 11.9. The average molecular weight is 339 g/mol. The van der Waals surface area contributed by atoms with Crippen molar-refractivity contribution in [1.82, 2.24) is 9.78 Å². The molecule has 0 aliphatic heterocycles. The molecule has 0 atom stereocenters. The molecule has 0 saturated carbocycles. The van der Waals surface area contributed by atoms with Gasteiger partial charge in [-0.3, -0.25) is 0 Å². The summed E-state index contributed by atoms with van der Waals surface area (Å²) in [4.78, 5) is 0. The van der Waals surface area contributed by atoms with Crippen molar-refractivity contribution in [2.45, 2.75) is 20.8 Å². The van der Waals surface area contributed by atoms with Crippen LogP contribution in [0.4, 0.5) is 4.39 Å². The first-order valence-electron chi connectivity index (χ1n) is 7.76. The summed E-state index contributed by atoms with van der Waals surface area (Å²) in [5, 5.41) is 26.1. The summed E-state index contributed by atoms with van der Waals surface area (Å²) in [6.07, 6.45) is 1.30. The highest BCUT2D eigenvalue weighted by molar-refractivity contribution is 5.92. The van der Waals surface area contributed by atoms with Gasteiger partial charge in [-0.2, -0.15) is 5.10 Å². The Labute approximate surface area is 144 Å². The first-order valence-corrected chi connectivity index (χ1v) is 7.76. The van der Waals surface area contributed by atoms with Crippen molar-refractivity contribution in [3.8, 4) is 22.7 Å². The van der Waals surface area contributed by atoms with Crippen LogP contribution in [-0.4, -0.2) is 26.3 Å². The minimum absolute atomic E-state index is 0.157. The summed E-state index contributed by atoms with van der Waals surface area (Å²) in [6.45, 7) is 5.69. The normalized spacial score (nSPS) is 11.4. The van der Waals surface area contributed by atoms with Gasteiger partial charge in [0.15, 0.2) is 5.82 Å². The Balaban J connectivity index is 2.40. The van der Waals surface area contributed by atoms with Crippen LogP contribution in [0, 0.1) is 26.6 Å². The van der Waals surface area contributed by atoms with Crippen molar-refractivity contribution in [1.29, 1.82) is 0 Å². The van der Waals surface area contributed by atoms with E-state index in [-0.39, 0.29) is 11.4 Å². The summed E-state index contributed by atoms with van der Waals surface area (Å²) in [5.74, 6) is -0.752. The van der Waals surface area contributed by atoms with E-state index in [1.165, 1.54) is 23.0 Å². The maximum atomic E-state index is 14.5. The van der Waals surface area contributed by atoms with Crippen LogP contribution in [0.5, 0.6) is 5.75 Å². The van der Waals surface area contributed by atoms with Crippen molar-refractivity contribution in [3.63, 3.8) is 0 Å². The zero-order chi connectivity index (χ0) is 18.1. The molecule has 0 fully saturated rings. The van der Waals surface area contributed by atoms with E-state index >= 15 is 0 Å². The smallest absolute Gasteiger partial charge is 0.152 e. The van der Waals surface area contributed by atoms with E-state index in [2.05, 4.69) is 10.3 Å². The number of hydrogen-bond donors (Lipinski definition) is 2. The third-order valence-electron chi connectivity index (χ3n) is 4.17. The van der Waals surface area contributed by atoms with Crippen molar-refractivity contribution < 1.29 is 14.7 Å². The molecule has 2 aromatic carbocycles. The summed E-state index contributed by atoms with van der Waals surface area (Å²) in [6, 6.07) is 9.78. The molecule has 1 heterocycles. The van der Waals surface area contributed by atoms with Gasteiger partial charge in [0, 0.05) is 17.2 Å². The van der Waals surface area contributed by atoms with Gasteiger partial charge in [0.1, 0.15) is 11.4 Å². The number of phenols is 1. The van der Waals surface area contributed by atoms with E-state index in [0.717, 1.165) is 22.8 Å². The number of nitrogens with zero attached hydrogens (tertiary/aromatic N) is 3. The number of aromatic nitrogens is 2. The number of aromatic hydroxyl groups is 1. The van der Waals surface area contributed by atoms with E-state index in [1.54, 1.807) is 6.92 Å². The van der Waals surface area contributed by atoms with E-state index in [0.29, 0.717) is 17.0 Å². The highest BCUT2D eigenvalue weighted by atomic mass is 19.1. The molecule has 0 unspecified atom stereocenters. The molecule has 0 bridgehead atoms. The predicted octanol–water partition coefficient (Wildman–Crippen LogP) is 4.12. The maximum absolute atomic E-state index is 14.5.